The van der Waals surface area contributed by atoms with E-state index >= 15 is 0 Å². The van der Waals surface area contributed by atoms with Crippen LogP contribution < -0.4 is 20.7 Å². The van der Waals surface area contributed by atoms with Gasteiger partial charge in [-0.05, 0) is 67.7 Å². The molecule has 9 heteroatoms. The third-order valence-corrected chi connectivity index (χ3v) is 10.2. The number of aromatic nitrogens is 3. The minimum atomic E-state index is -0.558. The smallest absolute Gasteiger partial charge is 0.333 e. The van der Waals surface area contributed by atoms with Gasteiger partial charge in [-0.3, -0.25) is 13.9 Å². The number of thiazole rings is 1. The summed E-state index contributed by atoms with van der Waals surface area (Å²) in [6.07, 6.45) is 9.79. The largest absolute Gasteiger partial charge is 0.494 e. The van der Waals surface area contributed by atoms with Crippen molar-refractivity contribution < 1.29 is 9.67 Å². The van der Waals surface area contributed by atoms with Gasteiger partial charge in [0.05, 0.1) is 10.7 Å². The van der Waals surface area contributed by atoms with Gasteiger partial charge in [0, 0.05) is 37.7 Å². The molecular weight excluding hydrogens is 565 g/mol. The summed E-state index contributed by atoms with van der Waals surface area (Å²) in [5.74, 6) is -0.312. The Morgan fingerprint density at radius 2 is 1.71 bits per heavy atom. The van der Waals surface area contributed by atoms with E-state index in [2.05, 4.69) is 96.1 Å². The standard InChI is InChI=1S/C33H32N4O3S2/c1-5-36-23-11-7-9-13-25(23)41-27(36)19-17-21-15-16-22(29(21)30-31(38)34(3)33(40)35(4)32(30)39)18-20-28-37(6-2)24-12-8-10-14-26(24)42-28/h7-14,17-20H,5-6,15-16H2,1-4H3/p+1/b21-17+,27-19-. The average molecular weight is 598 g/mol. The van der Waals surface area contributed by atoms with Gasteiger partial charge in [0.2, 0.25) is 11.4 Å². The summed E-state index contributed by atoms with van der Waals surface area (Å²) in [6, 6.07) is 16.7. The van der Waals surface area contributed by atoms with Crippen molar-refractivity contribution in [2.45, 2.75) is 38.1 Å². The second kappa shape index (κ2) is 11.3. The number of hydrogen-bond donors (Lipinski definition) is 1. The van der Waals surface area contributed by atoms with Crippen LogP contribution in [-0.2, 0) is 20.6 Å². The number of rotatable bonds is 6. The number of para-hydroxylation sites is 2. The van der Waals surface area contributed by atoms with Crippen LogP contribution >= 0.6 is 23.1 Å². The molecule has 1 aliphatic carbocycles. The molecule has 0 fully saturated rings. The average Bonchev–Trinajstić information content (AvgIpc) is 3.69. The lowest BCUT2D eigenvalue weighted by Crippen LogP contribution is -2.38. The van der Waals surface area contributed by atoms with E-state index in [1.807, 2.05) is 0 Å². The summed E-state index contributed by atoms with van der Waals surface area (Å²) in [7, 11) is 2.95. The number of allylic oxidation sites excluding steroid dienone is 6. The molecule has 2 aromatic heterocycles. The molecule has 0 unspecified atom stereocenters. The number of aryl methyl sites for hydroxylation is 1. The van der Waals surface area contributed by atoms with Crippen molar-refractivity contribution in [3.63, 3.8) is 0 Å². The first kappa shape index (κ1) is 28.1. The van der Waals surface area contributed by atoms with Crippen LogP contribution in [0.1, 0.15) is 37.3 Å². The highest BCUT2D eigenvalue weighted by molar-refractivity contribution is 8.03. The van der Waals surface area contributed by atoms with E-state index in [0.717, 1.165) is 43.4 Å². The zero-order chi connectivity index (χ0) is 29.5. The van der Waals surface area contributed by atoms with E-state index in [0.29, 0.717) is 18.4 Å². The molecule has 214 valence electrons. The normalized spacial score (nSPS) is 17.1. The maximum absolute atomic E-state index is 13.5. The van der Waals surface area contributed by atoms with Crippen LogP contribution in [0.2, 0.25) is 0 Å². The van der Waals surface area contributed by atoms with Crippen molar-refractivity contribution in [2.24, 2.45) is 14.1 Å². The molecule has 3 heterocycles. The SMILES string of the molecule is CCN1/C(=C/C=C2\CCC(/C=C/c3sc4ccccc4[n+]3CC)=C2c2c(O)n(C)c(=O)n(C)c2=O)Sc2ccccc21. The maximum atomic E-state index is 13.5. The van der Waals surface area contributed by atoms with Gasteiger partial charge in [0.25, 0.3) is 10.6 Å². The molecule has 0 saturated carbocycles. The monoisotopic (exact) mass is 597 g/mol. The molecule has 0 spiro atoms. The topological polar surface area (TPSA) is 71.3 Å². The maximum Gasteiger partial charge on any atom is 0.333 e. The molecule has 0 bridgehead atoms. The predicted octanol–water partition coefficient (Wildman–Crippen LogP) is 5.97. The minimum absolute atomic E-state index is 0.163. The van der Waals surface area contributed by atoms with Gasteiger partial charge in [-0.2, -0.15) is 4.57 Å². The number of nitrogens with zero attached hydrogens (tertiary/aromatic N) is 4. The summed E-state index contributed by atoms with van der Waals surface area (Å²) in [6.45, 7) is 5.95. The van der Waals surface area contributed by atoms with Crippen molar-refractivity contribution in [3.05, 3.63) is 114 Å². The fourth-order valence-corrected chi connectivity index (χ4v) is 8.04. The van der Waals surface area contributed by atoms with E-state index in [1.165, 1.54) is 34.9 Å². The van der Waals surface area contributed by atoms with Crippen molar-refractivity contribution in [2.75, 3.05) is 11.4 Å². The molecule has 0 atom stereocenters. The third-order valence-electron chi connectivity index (χ3n) is 7.95. The van der Waals surface area contributed by atoms with Gasteiger partial charge in [-0.25, -0.2) is 4.79 Å². The van der Waals surface area contributed by atoms with E-state index in [1.54, 1.807) is 23.1 Å². The Balaban J connectivity index is 1.50. The number of fused-ring (bicyclic) bond motifs is 2. The van der Waals surface area contributed by atoms with Crippen LogP contribution in [0.25, 0.3) is 21.9 Å². The van der Waals surface area contributed by atoms with E-state index in [9.17, 15) is 14.7 Å². The second-order valence-corrected chi connectivity index (χ2v) is 12.4. The van der Waals surface area contributed by atoms with E-state index < -0.39 is 11.2 Å². The van der Waals surface area contributed by atoms with Crippen molar-refractivity contribution in [3.8, 4) is 5.88 Å². The van der Waals surface area contributed by atoms with Crippen molar-refractivity contribution in [1.82, 2.24) is 9.13 Å². The van der Waals surface area contributed by atoms with Gasteiger partial charge in [-0.1, -0.05) is 59.5 Å². The molecule has 1 N–H and O–H groups in total. The molecule has 2 aliphatic rings. The summed E-state index contributed by atoms with van der Waals surface area (Å²) in [5, 5.41) is 13.4. The predicted molar refractivity (Wildman–Crippen MR) is 173 cm³/mol. The summed E-state index contributed by atoms with van der Waals surface area (Å²) < 4.78 is 5.70. The fourth-order valence-electron chi connectivity index (χ4n) is 5.78. The zero-order valence-electron chi connectivity index (χ0n) is 24.1. The Bertz CT molecular complexity index is 1970. The fraction of sp³-hybridized carbons (Fsp3) is 0.242. The number of benzene rings is 2. The number of anilines is 1. The molecule has 0 saturated heterocycles. The summed E-state index contributed by atoms with van der Waals surface area (Å²) in [5.41, 5.74) is 4.11. The van der Waals surface area contributed by atoms with Crippen LogP contribution in [0.15, 0.2) is 97.4 Å². The Labute approximate surface area is 252 Å². The second-order valence-electron chi connectivity index (χ2n) is 10.3. The van der Waals surface area contributed by atoms with E-state index in [-0.39, 0.29) is 11.4 Å². The van der Waals surface area contributed by atoms with Gasteiger partial charge in [-0.15, -0.1) is 0 Å². The first-order chi connectivity index (χ1) is 20.3. The molecular formula is C33H33N4O3S2+. The lowest BCUT2D eigenvalue weighted by Gasteiger charge is -2.17. The molecule has 1 aliphatic heterocycles. The van der Waals surface area contributed by atoms with Crippen LogP contribution in [0.3, 0.4) is 0 Å². The lowest BCUT2D eigenvalue weighted by atomic mass is 9.99. The highest BCUT2D eigenvalue weighted by Crippen LogP contribution is 2.46. The van der Waals surface area contributed by atoms with Gasteiger partial charge in [0.15, 0.2) is 0 Å². The van der Waals surface area contributed by atoms with Crippen molar-refractivity contribution >= 4 is 50.7 Å². The third kappa shape index (κ3) is 4.66. The van der Waals surface area contributed by atoms with Crippen molar-refractivity contribution in [1.29, 1.82) is 0 Å². The first-order valence-corrected chi connectivity index (χ1v) is 15.7. The van der Waals surface area contributed by atoms with Gasteiger partial charge < -0.3 is 10.0 Å². The molecule has 0 amide bonds. The van der Waals surface area contributed by atoms with Gasteiger partial charge >= 0.3 is 5.69 Å². The number of hydrogen-bond acceptors (Lipinski definition) is 6. The van der Waals surface area contributed by atoms with Crippen LogP contribution in [0.4, 0.5) is 5.69 Å². The zero-order valence-corrected chi connectivity index (χ0v) is 25.8. The van der Waals surface area contributed by atoms with Crippen LogP contribution in [-0.4, -0.2) is 20.8 Å². The molecule has 2 aromatic carbocycles. The number of aromatic hydroxyl groups is 1. The lowest BCUT2D eigenvalue weighted by molar-refractivity contribution is -0.665. The molecule has 4 aromatic rings. The minimum Gasteiger partial charge on any atom is -0.494 e. The highest BCUT2D eigenvalue weighted by Gasteiger charge is 2.28. The summed E-state index contributed by atoms with van der Waals surface area (Å²) in [4.78, 5) is 29.6. The number of thioether (sulfide) groups is 1. The first-order valence-electron chi connectivity index (χ1n) is 14.1. The quantitative estimate of drug-likeness (QED) is 0.277. The van der Waals surface area contributed by atoms with Gasteiger partial charge in [0.1, 0.15) is 16.8 Å². The summed E-state index contributed by atoms with van der Waals surface area (Å²) >= 11 is 3.45. The molecule has 0 radical (unpaired) electrons. The Morgan fingerprint density at radius 1 is 0.952 bits per heavy atom. The highest BCUT2D eigenvalue weighted by atomic mass is 32.2. The molecule has 42 heavy (non-hydrogen) atoms. The van der Waals surface area contributed by atoms with E-state index in [4.69, 9.17) is 0 Å². The Kier molecular flexibility index (Phi) is 7.55. The van der Waals surface area contributed by atoms with Crippen LogP contribution in [0.5, 0.6) is 5.88 Å². The molecule has 7 nitrogen and oxygen atoms in total. The Hall–Kier alpha value is -4.08. The molecule has 6 rings (SSSR count). The van der Waals surface area contributed by atoms with Crippen LogP contribution in [0, 0.1) is 0 Å². The Morgan fingerprint density at radius 3 is 2.50 bits per heavy atom.